The Balaban J connectivity index is 0. The predicted octanol–water partition coefficient (Wildman–Crippen LogP) is 6.13. The molecule has 0 aliphatic heterocycles. The molecule has 0 radical (unpaired) electrons. The number of nitrogens with two attached hydrogens (primary N) is 2. The lowest BCUT2D eigenvalue weighted by Gasteiger charge is -2.21. The fourth-order valence-corrected chi connectivity index (χ4v) is 4.33. The number of ether oxygens (including phenoxy) is 7. The van der Waals surface area contributed by atoms with Crippen LogP contribution < -0.4 is 16.8 Å². The Kier molecular flexibility index (Phi) is 27.4. The van der Waals surface area contributed by atoms with E-state index in [0.29, 0.717) is 0 Å². The molecule has 0 saturated heterocycles. The van der Waals surface area contributed by atoms with Crippen molar-refractivity contribution in [3.63, 3.8) is 0 Å². The molecule has 1 amide bonds. The Hall–Kier alpha value is -4.77. The third kappa shape index (κ3) is 35.7. The van der Waals surface area contributed by atoms with Crippen LogP contribution in [0.2, 0.25) is 0 Å². The summed E-state index contributed by atoms with van der Waals surface area (Å²) in [5.74, 6) is -2.75. The fraction of sp³-hybridized carbons (Fsp3) is 0.705. The lowest BCUT2D eigenvalue weighted by Crippen LogP contribution is -2.43. The Labute approximate surface area is 362 Å². The lowest BCUT2D eigenvalue weighted by molar-refractivity contribution is -0.157. The van der Waals surface area contributed by atoms with E-state index in [2.05, 4.69) is 5.32 Å². The third-order valence-electron chi connectivity index (χ3n) is 6.67. The van der Waals surface area contributed by atoms with Gasteiger partial charge in [-0.3, -0.25) is 24.0 Å². The van der Waals surface area contributed by atoms with Crippen LogP contribution in [-0.2, 0) is 68.5 Å². The number of rotatable bonds is 18. The van der Waals surface area contributed by atoms with E-state index >= 15 is 0 Å². The summed E-state index contributed by atoms with van der Waals surface area (Å²) in [5.41, 5.74) is 10.4. The van der Waals surface area contributed by atoms with Crippen molar-refractivity contribution < 1.29 is 66.7 Å². The van der Waals surface area contributed by atoms with Gasteiger partial charge in [0, 0.05) is 19.3 Å². The van der Waals surface area contributed by atoms with Gasteiger partial charge in [-0.1, -0.05) is 30.3 Å². The maximum absolute atomic E-state index is 12.2. The molecule has 5 N–H and O–H groups in total. The van der Waals surface area contributed by atoms with Crippen molar-refractivity contribution in [3.05, 3.63) is 35.9 Å². The van der Waals surface area contributed by atoms with Crippen molar-refractivity contribution in [2.24, 2.45) is 11.5 Å². The molecule has 0 unspecified atom stereocenters. The van der Waals surface area contributed by atoms with Gasteiger partial charge in [0.25, 0.3) is 0 Å². The summed E-state index contributed by atoms with van der Waals surface area (Å²) in [7, 11) is 0. The summed E-state index contributed by atoms with van der Waals surface area (Å²) in [6.07, 6.45) is -0.768. The zero-order valence-corrected chi connectivity index (χ0v) is 39.2. The molecule has 1 aromatic rings. The van der Waals surface area contributed by atoms with Gasteiger partial charge in [-0.2, -0.15) is 0 Å². The highest BCUT2D eigenvalue weighted by Gasteiger charge is 2.27. The third-order valence-corrected chi connectivity index (χ3v) is 6.67. The highest BCUT2D eigenvalue weighted by molar-refractivity contribution is 5.82. The van der Waals surface area contributed by atoms with Crippen LogP contribution in [0.25, 0.3) is 0 Å². The molecule has 1 aromatic carbocycles. The van der Waals surface area contributed by atoms with Gasteiger partial charge >= 0.3 is 41.9 Å². The quantitative estimate of drug-likeness (QED) is 0.111. The van der Waals surface area contributed by atoms with Gasteiger partial charge < -0.3 is 49.9 Å². The Morgan fingerprint density at radius 3 is 1.18 bits per heavy atom. The van der Waals surface area contributed by atoms with Gasteiger partial charge in [-0.15, -0.1) is 0 Å². The first-order chi connectivity index (χ1) is 27.8. The van der Waals surface area contributed by atoms with E-state index in [0.717, 1.165) is 5.56 Å². The van der Waals surface area contributed by atoms with Crippen LogP contribution in [0.15, 0.2) is 30.3 Å². The molecule has 0 aliphatic rings. The Morgan fingerprint density at radius 2 is 0.852 bits per heavy atom. The minimum Gasteiger partial charge on any atom is -0.462 e. The Morgan fingerprint density at radius 1 is 0.525 bits per heavy atom. The number of carbonyl (C=O) groups is 7. The van der Waals surface area contributed by atoms with E-state index in [1.54, 1.807) is 104 Å². The SMILES string of the molecule is CC(C)OC(=O)[C@@H](N)CCC(=O)OC(C)(C)C.CC(C)OC(=O)[C@@H](N)CCC(=O)OC(C)(C)C.CC(C)OC(=O)[C@H](CCC(=O)OC(C)(C)C)NC(=O)OCc1ccccc1. The van der Waals surface area contributed by atoms with Crippen LogP contribution in [0.5, 0.6) is 0 Å². The lowest BCUT2D eigenvalue weighted by atomic mass is 10.1. The maximum Gasteiger partial charge on any atom is 0.408 e. The van der Waals surface area contributed by atoms with Crippen LogP contribution >= 0.6 is 0 Å². The van der Waals surface area contributed by atoms with E-state index in [1.807, 2.05) is 30.3 Å². The average molecular weight is 870 g/mol. The van der Waals surface area contributed by atoms with E-state index in [4.69, 9.17) is 44.6 Å². The molecule has 0 heterocycles. The first kappa shape index (κ1) is 58.3. The normalized spacial score (nSPS) is 12.9. The molecule has 17 heteroatoms. The second kappa shape index (κ2) is 28.7. The molecule has 61 heavy (non-hydrogen) atoms. The number of alkyl carbamates (subject to hydrolysis) is 1. The number of benzene rings is 1. The first-order valence-electron chi connectivity index (χ1n) is 20.6. The summed E-state index contributed by atoms with van der Waals surface area (Å²) in [5, 5.41) is 2.47. The largest absolute Gasteiger partial charge is 0.462 e. The number of esters is 6. The molecule has 3 atom stereocenters. The molecule has 0 bridgehead atoms. The maximum atomic E-state index is 12.2. The van der Waals surface area contributed by atoms with Crippen molar-refractivity contribution in [2.45, 2.75) is 202 Å². The summed E-state index contributed by atoms with van der Waals surface area (Å²) >= 11 is 0. The summed E-state index contributed by atoms with van der Waals surface area (Å²) in [6, 6.07) is 6.62. The first-order valence-corrected chi connectivity index (χ1v) is 20.6. The van der Waals surface area contributed by atoms with Crippen molar-refractivity contribution >= 4 is 41.9 Å². The zero-order chi connectivity index (χ0) is 47.7. The van der Waals surface area contributed by atoms with E-state index in [1.165, 1.54) is 0 Å². The van der Waals surface area contributed by atoms with Crippen molar-refractivity contribution in [3.8, 4) is 0 Å². The number of hydrogen-bond donors (Lipinski definition) is 3. The highest BCUT2D eigenvalue weighted by Crippen LogP contribution is 2.13. The molecule has 0 aromatic heterocycles. The van der Waals surface area contributed by atoms with Gasteiger partial charge in [-0.05, 0) is 129 Å². The second-order valence-electron chi connectivity index (χ2n) is 17.8. The highest BCUT2D eigenvalue weighted by atomic mass is 16.6. The molecule has 350 valence electrons. The van der Waals surface area contributed by atoms with Gasteiger partial charge in [0.05, 0.1) is 18.3 Å². The van der Waals surface area contributed by atoms with E-state index < -0.39 is 64.9 Å². The van der Waals surface area contributed by atoms with Gasteiger partial charge in [-0.25, -0.2) is 9.59 Å². The summed E-state index contributed by atoms with van der Waals surface area (Å²) in [4.78, 5) is 81.6. The van der Waals surface area contributed by atoms with Gasteiger partial charge in [0.2, 0.25) is 0 Å². The van der Waals surface area contributed by atoms with Crippen molar-refractivity contribution in [1.82, 2.24) is 5.32 Å². The second-order valence-corrected chi connectivity index (χ2v) is 17.8. The van der Waals surface area contributed by atoms with Crippen LogP contribution in [0.3, 0.4) is 0 Å². The number of amides is 1. The fourth-order valence-electron chi connectivity index (χ4n) is 4.33. The topological polar surface area (TPSA) is 248 Å². The molecule has 17 nitrogen and oxygen atoms in total. The minimum absolute atomic E-state index is 0.0336. The van der Waals surface area contributed by atoms with E-state index in [-0.39, 0.29) is 75.4 Å². The Bertz CT molecular complexity index is 1440. The molecule has 0 spiro atoms. The molecule has 0 aliphatic carbocycles. The number of hydrogen-bond acceptors (Lipinski definition) is 16. The molecule has 1 rings (SSSR count). The van der Waals surface area contributed by atoms with E-state index in [9.17, 15) is 33.6 Å². The minimum atomic E-state index is -0.997. The molecule has 0 saturated carbocycles. The average Bonchev–Trinajstić information content (AvgIpc) is 3.08. The van der Waals surface area contributed by atoms with Crippen LogP contribution in [0.4, 0.5) is 4.79 Å². The van der Waals surface area contributed by atoms with Crippen LogP contribution in [-0.4, -0.2) is 95.1 Å². The van der Waals surface area contributed by atoms with Crippen LogP contribution in [0.1, 0.15) is 148 Å². The standard InChI is InChI=1S/C20H29NO6.2C12H23NO4/c1-14(2)26-18(23)16(11-12-17(22)27-20(3,4)5)21-19(24)25-13-15-9-7-6-8-10-15;2*1-8(2)16-11(15)9(13)6-7-10(14)17-12(3,4)5/h6-10,14,16H,11-13H2,1-5H3,(H,21,24);2*8-9H,6-7,13H2,1-5H3/t16-;2*9-/m000/s1. The predicted molar refractivity (Wildman–Crippen MR) is 228 cm³/mol. The monoisotopic (exact) mass is 870 g/mol. The molecular weight excluding hydrogens is 794 g/mol. The molecule has 0 fully saturated rings. The number of nitrogens with one attached hydrogen (secondary N) is 1. The van der Waals surface area contributed by atoms with Crippen molar-refractivity contribution in [1.29, 1.82) is 0 Å². The zero-order valence-electron chi connectivity index (χ0n) is 39.2. The summed E-state index contributed by atoms with van der Waals surface area (Å²) in [6.45, 7) is 26.5. The smallest absolute Gasteiger partial charge is 0.408 e. The van der Waals surface area contributed by atoms with Crippen LogP contribution in [0, 0.1) is 0 Å². The van der Waals surface area contributed by atoms with Gasteiger partial charge in [0.1, 0.15) is 41.5 Å². The molecular formula is C44H75N3O14. The van der Waals surface area contributed by atoms with Gasteiger partial charge in [0.15, 0.2) is 0 Å². The summed E-state index contributed by atoms with van der Waals surface area (Å²) < 4.78 is 35.6. The van der Waals surface area contributed by atoms with Crippen molar-refractivity contribution in [2.75, 3.05) is 0 Å². The number of carbonyl (C=O) groups excluding carboxylic acids is 7.